The predicted molar refractivity (Wildman–Crippen MR) is 131 cm³/mol. The van der Waals surface area contributed by atoms with Gasteiger partial charge >= 0.3 is 5.97 Å². The fraction of sp³-hybridized carbons (Fsp3) is 0.370. The van der Waals surface area contributed by atoms with Crippen LogP contribution < -0.4 is 10.9 Å². The highest BCUT2D eigenvalue weighted by molar-refractivity contribution is 5.94. The first-order chi connectivity index (χ1) is 16.8. The molecule has 2 aromatic heterocycles. The van der Waals surface area contributed by atoms with Crippen molar-refractivity contribution >= 4 is 22.9 Å². The summed E-state index contributed by atoms with van der Waals surface area (Å²) in [4.78, 5) is 30.6. The van der Waals surface area contributed by atoms with Crippen LogP contribution >= 0.6 is 0 Å². The van der Waals surface area contributed by atoms with E-state index in [4.69, 9.17) is 9.72 Å². The van der Waals surface area contributed by atoms with Gasteiger partial charge in [-0.25, -0.2) is 14.2 Å². The van der Waals surface area contributed by atoms with Gasteiger partial charge in [0, 0.05) is 22.6 Å². The Morgan fingerprint density at radius 2 is 2.06 bits per heavy atom. The van der Waals surface area contributed by atoms with E-state index in [1.807, 2.05) is 6.08 Å². The van der Waals surface area contributed by atoms with Crippen molar-refractivity contribution in [1.82, 2.24) is 14.9 Å². The van der Waals surface area contributed by atoms with E-state index in [0.29, 0.717) is 29.0 Å². The summed E-state index contributed by atoms with van der Waals surface area (Å²) in [7, 11) is 0. The van der Waals surface area contributed by atoms with E-state index >= 15 is 0 Å². The van der Waals surface area contributed by atoms with Crippen LogP contribution in [0.4, 0.5) is 4.39 Å². The monoisotopic (exact) mass is 477 g/mol. The number of nitrogens with zero attached hydrogens (tertiary/aromatic N) is 2. The number of esters is 1. The SMILES string of the molecule is CCNCC/C=C/c1c2c(nc3cc(F)c(C)cc13)-c1cc3c(c(=O)n1C2)COC(=O)[C@]3(O)CC. The zero-order valence-electron chi connectivity index (χ0n) is 20.1. The second kappa shape index (κ2) is 8.70. The minimum absolute atomic E-state index is 0.0734. The molecule has 0 amide bonds. The summed E-state index contributed by atoms with van der Waals surface area (Å²) in [6, 6.07) is 4.88. The highest BCUT2D eigenvalue weighted by Gasteiger charge is 2.45. The zero-order chi connectivity index (χ0) is 24.9. The minimum Gasteiger partial charge on any atom is -0.458 e. The van der Waals surface area contributed by atoms with Gasteiger partial charge < -0.3 is 19.7 Å². The third kappa shape index (κ3) is 3.59. The van der Waals surface area contributed by atoms with E-state index in [1.165, 1.54) is 6.07 Å². The Morgan fingerprint density at radius 3 is 2.80 bits per heavy atom. The summed E-state index contributed by atoms with van der Waals surface area (Å²) in [5.74, 6) is -1.11. The predicted octanol–water partition coefficient (Wildman–Crippen LogP) is 3.54. The maximum atomic E-state index is 14.5. The van der Waals surface area contributed by atoms with Crippen LogP contribution in [-0.2, 0) is 28.3 Å². The average Bonchev–Trinajstić information content (AvgIpc) is 3.21. The first kappa shape index (κ1) is 23.4. The van der Waals surface area contributed by atoms with Crippen LogP contribution in [0.1, 0.15) is 54.5 Å². The Morgan fingerprint density at radius 1 is 1.26 bits per heavy atom. The molecular formula is C27H28FN3O4. The number of hydrogen-bond donors (Lipinski definition) is 2. The number of cyclic esters (lactones) is 1. The second-order valence-electron chi connectivity index (χ2n) is 9.12. The quantitative estimate of drug-likeness (QED) is 0.326. The molecule has 1 aromatic carbocycles. The summed E-state index contributed by atoms with van der Waals surface area (Å²) >= 11 is 0. The van der Waals surface area contributed by atoms with Crippen LogP contribution in [0.15, 0.2) is 29.1 Å². The van der Waals surface area contributed by atoms with Gasteiger partial charge in [-0.1, -0.05) is 26.0 Å². The van der Waals surface area contributed by atoms with E-state index in [1.54, 1.807) is 30.5 Å². The number of aromatic nitrogens is 2. The maximum absolute atomic E-state index is 14.5. The first-order valence-corrected chi connectivity index (χ1v) is 12.0. The number of halogens is 1. The van der Waals surface area contributed by atoms with Crippen molar-refractivity contribution in [2.24, 2.45) is 0 Å². The van der Waals surface area contributed by atoms with Crippen molar-refractivity contribution in [1.29, 1.82) is 0 Å². The lowest BCUT2D eigenvalue weighted by atomic mass is 9.86. The lowest BCUT2D eigenvalue weighted by Crippen LogP contribution is -2.44. The number of pyridine rings is 2. The van der Waals surface area contributed by atoms with Crippen LogP contribution in [0.5, 0.6) is 0 Å². The molecule has 1 atom stereocenters. The molecule has 0 unspecified atom stereocenters. The highest BCUT2D eigenvalue weighted by Crippen LogP contribution is 2.40. The molecule has 0 bridgehead atoms. The summed E-state index contributed by atoms with van der Waals surface area (Å²) in [5.41, 5.74) is 2.16. The van der Waals surface area contributed by atoms with Gasteiger partial charge in [0.15, 0.2) is 5.60 Å². The second-order valence-corrected chi connectivity index (χ2v) is 9.12. The zero-order valence-corrected chi connectivity index (χ0v) is 20.1. The van der Waals surface area contributed by atoms with Crippen LogP contribution in [0.2, 0.25) is 0 Å². The van der Waals surface area contributed by atoms with Crippen LogP contribution in [0.25, 0.3) is 28.4 Å². The molecular weight excluding hydrogens is 449 g/mol. The van der Waals surface area contributed by atoms with E-state index in [0.717, 1.165) is 36.0 Å². The third-order valence-corrected chi connectivity index (χ3v) is 7.03. The van der Waals surface area contributed by atoms with Gasteiger partial charge in [0.1, 0.15) is 12.4 Å². The topological polar surface area (TPSA) is 93.5 Å². The normalized spacial score (nSPS) is 18.6. The first-order valence-electron chi connectivity index (χ1n) is 12.0. The van der Waals surface area contributed by atoms with Crippen molar-refractivity contribution in [3.05, 3.63) is 68.3 Å². The number of benzene rings is 1. The standard InChI is InChI=1S/C27H28FN3O4/c1-4-27(34)20-11-23-24-18(13-31(23)25(32)19(20)14-35-26(27)33)16(8-6-7-9-29-5-2)17-10-15(3)21(28)12-22(17)30-24/h6,8,10-12,29,34H,4-5,7,9,13-14H2,1-3H3/b8-6+/t27-/m0/s1. The summed E-state index contributed by atoms with van der Waals surface area (Å²) in [5, 5.41) is 15.2. The van der Waals surface area contributed by atoms with Gasteiger partial charge in [-0.2, -0.15) is 0 Å². The largest absolute Gasteiger partial charge is 0.458 e. The molecule has 0 saturated carbocycles. The molecule has 2 aliphatic heterocycles. The van der Waals surface area contributed by atoms with Crippen LogP contribution in [0.3, 0.4) is 0 Å². The van der Waals surface area contributed by atoms with Gasteiger partial charge in [0.25, 0.3) is 5.56 Å². The van der Waals surface area contributed by atoms with Gasteiger partial charge in [-0.05, 0) is 56.1 Å². The van der Waals surface area contributed by atoms with Crippen molar-refractivity contribution in [3.8, 4) is 11.4 Å². The molecule has 2 aliphatic rings. The summed E-state index contributed by atoms with van der Waals surface area (Å²) in [6.07, 6.45) is 4.97. The Labute approximate surface area is 202 Å². The molecule has 8 heteroatoms. The molecule has 3 aromatic rings. The number of ether oxygens (including phenoxy) is 1. The van der Waals surface area contributed by atoms with Crippen molar-refractivity contribution in [3.63, 3.8) is 0 Å². The lowest BCUT2D eigenvalue weighted by molar-refractivity contribution is -0.172. The summed E-state index contributed by atoms with van der Waals surface area (Å²) in [6.45, 7) is 7.28. The molecule has 5 rings (SSSR count). The molecule has 0 radical (unpaired) electrons. The minimum atomic E-state index is -1.89. The number of hydrogen-bond acceptors (Lipinski definition) is 6. The number of aryl methyl sites for hydroxylation is 1. The lowest BCUT2D eigenvalue weighted by Gasteiger charge is -2.31. The molecule has 2 N–H and O–H groups in total. The molecule has 0 aliphatic carbocycles. The van der Waals surface area contributed by atoms with Gasteiger partial charge in [-0.15, -0.1) is 0 Å². The van der Waals surface area contributed by atoms with Crippen molar-refractivity contribution in [2.45, 2.75) is 52.4 Å². The smallest absolute Gasteiger partial charge is 0.343 e. The number of carbonyl (C=O) groups excluding carboxylic acids is 1. The highest BCUT2D eigenvalue weighted by atomic mass is 19.1. The maximum Gasteiger partial charge on any atom is 0.343 e. The Kier molecular flexibility index (Phi) is 5.81. The number of rotatable bonds is 6. The molecule has 7 nitrogen and oxygen atoms in total. The average molecular weight is 478 g/mol. The van der Waals surface area contributed by atoms with Crippen LogP contribution in [-0.4, -0.2) is 33.7 Å². The van der Waals surface area contributed by atoms with E-state index in [2.05, 4.69) is 18.3 Å². The molecule has 182 valence electrons. The number of aliphatic hydroxyl groups is 1. The number of carbonyl (C=O) groups is 1. The van der Waals surface area contributed by atoms with Gasteiger partial charge in [-0.3, -0.25) is 4.79 Å². The van der Waals surface area contributed by atoms with Crippen LogP contribution in [0, 0.1) is 12.7 Å². The Bertz CT molecular complexity index is 1460. The van der Waals surface area contributed by atoms with Crippen molar-refractivity contribution < 1.29 is 19.0 Å². The number of fused-ring (bicyclic) bond motifs is 5. The summed E-state index contributed by atoms with van der Waals surface area (Å²) < 4.78 is 21.2. The fourth-order valence-electron chi connectivity index (χ4n) is 4.99. The van der Waals surface area contributed by atoms with E-state index < -0.39 is 11.6 Å². The van der Waals surface area contributed by atoms with Crippen molar-refractivity contribution in [2.75, 3.05) is 13.1 Å². The fourth-order valence-corrected chi connectivity index (χ4v) is 4.99. The molecule has 4 heterocycles. The molecule has 0 spiro atoms. The van der Waals surface area contributed by atoms with E-state index in [-0.39, 0.29) is 35.5 Å². The van der Waals surface area contributed by atoms with Gasteiger partial charge in [0.05, 0.1) is 29.0 Å². The molecule has 0 fully saturated rings. The molecule has 0 saturated heterocycles. The Hall–Kier alpha value is -3.36. The molecule has 35 heavy (non-hydrogen) atoms. The van der Waals surface area contributed by atoms with E-state index in [9.17, 15) is 19.1 Å². The van der Waals surface area contributed by atoms with Gasteiger partial charge in [0.2, 0.25) is 0 Å². The third-order valence-electron chi connectivity index (χ3n) is 7.03. The Balaban J connectivity index is 1.74. The number of nitrogens with one attached hydrogen (secondary N) is 1.